The second-order valence-corrected chi connectivity index (χ2v) is 6.91. The summed E-state index contributed by atoms with van der Waals surface area (Å²) in [5, 5.41) is 3.33. The van der Waals surface area contributed by atoms with Crippen molar-refractivity contribution < 1.29 is 13.2 Å². The average molecular weight is 285 g/mol. The van der Waals surface area contributed by atoms with Crippen molar-refractivity contribution in [1.29, 1.82) is 0 Å². The van der Waals surface area contributed by atoms with Crippen LogP contribution in [0.2, 0.25) is 0 Å². The zero-order valence-corrected chi connectivity index (χ0v) is 12.5. The molecule has 5 heteroatoms. The highest BCUT2D eigenvalue weighted by atomic mass is 32.2. The van der Waals surface area contributed by atoms with Gasteiger partial charge in [-0.25, -0.2) is 8.42 Å². The largest absolute Gasteiger partial charge is 0.494 e. The summed E-state index contributed by atoms with van der Waals surface area (Å²) in [4.78, 5) is 0. The first-order chi connectivity index (χ1) is 9.01. The van der Waals surface area contributed by atoms with Gasteiger partial charge in [-0.3, -0.25) is 0 Å². The first-order valence-corrected chi connectivity index (χ1v) is 8.67. The van der Waals surface area contributed by atoms with Crippen molar-refractivity contribution in [3.8, 4) is 5.75 Å². The molecule has 0 aliphatic carbocycles. The minimum Gasteiger partial charge on any atom is -0.494 e. The topological polar surface area (TPSA) is 55.4 Å². The lowest BCUT2D eigenvalue weighted by Gasteiger charge is -2.07. The normalized spacial score (nSPS) is 11.5. The number of benzene rings is 1. The maximum absolute atomic E-state index is 10.9. The first kappa shape index (κ1) is 16.0. The van der Waals surface area contributed by atoms with Crippen molar-refractivity contribution in [3.05, 3.63) is 29.8 Å². The van der Waals surface area contributed by atoms with Crippen LogP contribution in [0.4, 0.5) is 0 Å². The summed E-state index contributed by atoms with van der Waals surface area (Å²) in [5.74, 6) is 0.958. The van der Waals surface area contributed by atoms with E-state index in [-0.39, 0.29) is 5.75 Å². The summed E-state index contributed by atoms with van der Waals surface area (Å²) in [6, 6.07) is 7.88. The Kier molecular flexibility index (Phi) is 6.87. The van der Waals surface area contributed by atoms with E-state index in [1.165, 1.54) is 11.8 Å². The maximum Gasteiger partial charge on any atom is 0.147 e. The highest BCUT2D eigenvalue weighted by molar-refractivity contribution is 7.90. The van der Waals surface area contributed by atoms with Gasteiger partial charge in [0, 0.05) is 12.8 Å². The lowest BCUT2D eigenvalue weighted by molar-refractivity contribution is 0.317. The number of ether oxygens (including phenoxy) is 1. The fourth-order valence-electron chi connectivity index (χ4n) is 1.62. The highest BCUT2D eigenvalue weighted by Crippen LogP contribution is 2.12. The van der Waals surface area contributed by atoms with Crippen LogP contribution in [0.1, 0.15) is 25.3 Å². The predicted molar refractivity (Wildman–Crippen MR) is 78.3 cm³/mol. The van der Waals surface area contributed by atoms with Gasteiger partial charge in [0.25, 0.3) is 0 Å². The molecule has 0 spiro atoms. The Balaban J connectivity index is 2.28. The molecule has 0 saturated carbocycles. The number of hydrogen-bond donors (Lipinski definition) is 1. The summed E-state index contributed by atoms with van der Waals surface area (Å²) < 4.78 is 27.4. The summed E-state index contributed by atoms with van der Waals surface area (Å²) in [6.45, 7) is 4.45. The summed E-state index contributed by atoms with van der Waals surface area (Å²) >= 11 is 0. The Morgan fingerprint density at radius 1 is 1.21 bits per heavy atom. The number of sulfone groups is 1. The molecule has 1 aromatic carbocycles. The second-order valence-electron chi connectivity index (χ2n) is 4.65. The van der Waals surface area contributed by atoms with Crippen molar-refractivity contribution in [1.82, 2.24) is 5.32 Å². The predicted octanol–water partition coefficient (Wildman–Crippen LogP) is 2.00. The Morgan fingerprint density at radius 3 is 2.47 bits per heavy atom. The van der Waals surface area contributed by atoms with E-state index in [9.17, 15) is 8.42 Å². The zero-order valence-electron chi connectivity index (χ0n) is 11.7. The fourth-order valence-corrected chi connectivity index (χ4v) is 2.27. The van der Waals surface area contributed by atoms with E-state index >= 15 is 0 Å². The SMILES string of the molecule is CCCNCc1ccc(OCCCS(C)(=O)=O)cc1. The Labute approximate surface area is 116 Å². The molecule has 0 amide bonds. The third kappa shape index (κ3) is 7.85. The van der Waals surface area contributed by atoms with E-state index in [4.69, 9.17) is 4.74 Å². The Hall–Kier alpha value is -1.07. The molecule has 0 atom stereocenters. The number of nitrogens with one attached hydrogen (secondary N) is 1. The molecule has 108 valence electrons. The summed E-state index contributed by atoms with van der Waals surface area (Å²) in [6.07, 6.45) is 2.89. The van der Waals surface area contributed by atoms with Gasteiger partial charge in [-0.15, -0.1) is 0 Å². The van der Waals surface area contributed by atoms with Gasteiger partial charge in [-0.1, -0.05) is 19.1 Å². The molecule has 0 aromatic heterocycles. The van der Waals surface area contributed by atoms with Crippen molar-refractivity contribution in [3.63, 3.8) is 0 Å². The third-order valence-corrected chi connectivity index (χ3v) is 3.64. The lowest BCUT2D eigenvalue weighted by Crippen LogP contribution is -2.13. The molecule has 0 heterocycles. The lowest BCUT2D eigenvalue weighted by atomic mass is 10.2. The number of rotatable bonds is 9. The Bertz CT molecular complexity index is 454. The van der Waals surface area contributed by atoms with Crippen molar-refractivity contribution in [2.45, 2.75) is 26.3 Å². The minimum atomic E-state index is -2.89. The molecule has 0 bridgehead atoms. The molecule has 0 radical (unpaired) electrons. The van der Waals surface area contributed by atoms with Crippen molar-refractivity contribution in [2.75, 3.05) is 25.2 Å². The van der Waals surface area contributed by atoms with Crippen molar-refractivity contribution >= 4 is 9.84 Å². The molecule has 0 saturated heterocycles. The molecule has 1 rings (SSSR count). The minimum absolute atomic E-state index is 0.173. The van der Waals surface area contributed by atoms with Crippen molar-refractivity contribution in [2.24, 2.45) is 0 Å². The van der Waals surface area contributed by atoms with Gasteiger partial charge in [0.2, 0.25) is 0 Å². The van der Waals surface area contributed by atoms with Gasteiger partial charge in [0.05, 0.1) is 12.4 Å². The van der Waals surface area contributed by atoms with E-state index in [0.29, 0.717) is 13.0 Å². The van der Waals surface area contributed by atoms with Gasteiger partial charge in [0.1, 0.15) is 15.6 Å². The smallest absolute Gasteiger partial charge is 0.147 e. The van der Waals surface area contributed by atoms with Crippen LogP contribution >= 0.6 is 0 Å². The molecule has 0 aliphatic rings. The maximum atomic E-state index is 10.9. The van der Waals surface area contributed by atoms with Crippen LogP contribution < -0.4 is 10.1 Å². The van der Waals surface area contributed by atoms with Gasteiger partial charge < -0.3 is 10.1 Å². The fraction of sp³-hybridized carbons (Fsp3) is 0.571. The van der Waals surface area contributed by atoms with Crippen LogP contribution in [0.25, 0.3) is 0 Å². The average Bonchev–Trinajstić information content (AvgIpc) is 2.36. The third-order valence-electron chi connectivity index (χ3n) is 2.61. The first-order valence-electron chi connectivity index (χ1n) is 6.61. The molecule has 1 aromatic rings. The van der Waals surface area contributed by atoms with Gasteiger partial charge in [-0.2, -0.15) is 0 Å². The van der Waals surface area contributed by atoms with Crippen LogP contribution in [0, 0.1) is 0 Å². The summed E-state index contributed by atoms with van der Waals surface area (Å²) in [7, 11) is -2.89. The Morgan fingerprint density at radius 2 is 1.89 bits per heavy atom. The van der Waals surface area contributed by atoms with Gasteiger partial charge in [0.15, 0.2) is 0 Å². The van der Waals surface area contributed by atoms with E-state index in [0.717, 1.165) is 25.3 Å². The molecule has 19 heavy (non-hydrogen) atoms. The van der Waals surface area contributed by atoms with Crippen LogP contribution in [0.15, 0.2) is 24.3 Å². The molecule has 4 nitrogen and oxygen atoms in total. The van der Waals surface area contributed by atoms with E-state index in [1.807, 2.05) is 24.3 Å². The van der Waals surface area contributed by atoms with Crippen LogP contribution in [-0.2, 0) is 16.4 Å². The highest BCUT2D eigenvalue weighted by Gasteiger charge is 2.02. The second kappa shape index (κ2) is 8.17. The molecule has 1 N–H and O–H groups in total. The van der Waals surface area contributed by atoms with Gasteiger partial charge in [-0.05, 0) is 37.1 Å². The van der Waals surface area contributed by atoms with Crippen LogP contribution in [-0.4, -0.2) is 33.6 Å². The quantitative estimate of drug-likeness (QED) is 0.705. The van der Waals surface area contributed by atoms with E-state index < -0.39 is 9.84 Å². The number of hydrogen-bond acceptors (Lipinski definition) is 4. The monoisotopic (exact) mass is 285 g/mol. The molecular weight excluding hydrogens is 262 g/mol. The molecular formula is C14H23NO3S. The van der Waals surface area contributed by atoms with Gasteiger partial charge >= 0.3 is 0 Å². The molecule has 0 unspecified atom stereocenters. The molecule has 0 fully saturated rings. The molecule has 0 aliphatic heterocycles. The van der Waals surface area contributed by atoms with E-state index in [1.54, 1.807) is 0 Å². The van der Waals surface area contributed by atoms with Crippen LogP contribution in [0.5, 0.6) is 5.75 Å². The van der Waals surface area contributed by atoms with Crippen LogP contribution in [0.3, 0.4) is 0 Å². The zero-order chi connectivity index (χ0) is 14.1. The van der Waals surface area contributed by atoms with E-state index in [2.05, 4.69) is 12.2 Å². The standard InChI is InChI=1S/C14H23NO3S/c1-3-9-15-12-13-5-7-14(8-6-13)18-10-4-11-19(2,16)17/h5-8,15H,3-4,9-12H2,1-2H3. The summed E-state index contributed by atoms with van der Waals surface area (Å²) in [5.41, 5.74) is 1.22.